The van der Waals surface area contributed by atoms with Gasteiger partial charge in [-0.05, 0) is 141 Å². The van der Waals surface area contributed by atoms with Crippen molar-refractivity contribution in [2.45, 2.75) is 182 Å². The largest absolute Gasteiger partial charge is 0.475 e. The predicted octanol–water partition coefficient (Wildman–Crippen LogP) is 8.97. The van der Waals surface area contributed by atoms with Gasteiger partial charge < -0.3 is 23.7 Å². The first-order valence-corrected chi connectivity index (χ1v) is 27.4. The van der Waals surface area contributed by atoms with Crippen molar-refractivity contribution in [3.63, 3.8) is 0 Å². The molecule has 0 radical (unpaired) electrons. The van der Waals surface area contributed by atoms with E-state index < -0.39 is 97.5 Å². The number of phosphoric ester groups is 1. The molecule has 1 aliphatic carbocycles. The van der Waals surface area contributed by atoms with Gasteiger partial charge in [-0.3, -0.25) is 52.2 Å². The fourth-order valence-electron chi connectivity index (χ4n) is 8.47. The lowest BCUT2D eigenvalue weighted by molar-refractivity contribution is -0.163. The van der Waals surface area contributed by atoms with Crippen molar-refractivity contribution in [2.75, 3.05) is 65.6 Å². The van der Waals surface area contributed by atoms with Crippen molar-refractivity contribution in [1.82, 2.24) is 14.7 Å². The summed E-state index contributed by atoms with van der Waals surface area (Å²) >= 11 is 0. The van der Waals surface area contributed by atoms with E-state index in [2.05, 4.69) is 24.3 Å². The van der Waals surface area contributed by atoms with Crippen LogP contribution in [0.2, 0.25) is 0 Å². The minimum Gasteiger partial charge on any atom is -0.459 e. The standard InChI is InChI=1S/C56H87N4O14P/c1-51(2,3)69-46(61)36-58(32-33-59(37-47(62)70-52(4,5)6)38-48(63)71-53(7,8)9)35-44(60(39-49(64)72-54(10,11)12)40-50(65)73-55(13,14)15)41-68-75(66,67-34-22-31-57)74-45-27-29-56(30-28-45,42-23-18-16-19-24-42)43-25-20-17-21-26-43/h16-21,23-26,44-45H,22,27-30,32-41H2,1-15H3. The molecule has 2 unspecified atom stereocenters. The summed E-state index contributed by atoms with van der Waals surface area (Å²) in [6.07, 6.45) is 1.50. The van der Waals surface area contributed by atoms with Gasteiger partial charge in [0.1, 0.15) is 28.0 Å². The Morgan fingerprint density at radius 1 is 0.573 bits per heavy atom. The van der Waals surface area contributed by atoms with Gasteiger partial charge in [0.2, 0.25) is 0 Å². The van der Waals surface area contributed by atoms with Gasteiger partial charge in [0.25, 0.3) is 0 Å². The monoisotopic (exact) mass is 1070 g/mol. The molecular weight excluding hydrogens is 984 g/mol. The Kier molecular flexibility index (Phi) is 24.2. The molecule has 2 aromatic carbocycles. The fraction of sp³-hybridized carbons (Fsp3) is 0.679. The molecule has 1 fully saturated rings. The van der Waals surface area contributed by atoms with Crippen LogP contribution in [0.4, 0.5) is 0 Å². The van der Waals surface area contributed by atoms with Gasteiger partial charge in [-0.15, -0.1) is 0 Å². The molecule has 0 bridgehead atoms. The van der Waals surface area contributed by atoms with Gasteiger partial charge in [0.05, 0.1) is 64.5 Å². The number of carbonyl (C=O) groups is 5. The van der Waals surface area contributed by atoms with Crippen LogP contribution in [0.15, 0.2) is 60.7 Å². The van der Waals surface area contributed by atoms with Crippen LogP contribution in [-0.2, 0) is 71.2 Å². The Labute approximate surface area is 446 Å². The maximum atomic E-state index is 15.1. The molecular formula is C56H87N4O14P. The fourth-order valence-corrected chi connectivity index (χ4v) is 9.92. The highest BCUT2D eigenvalue weighted by molar-refractivity contribution is 7.48. The number of carbonyl (C=O) groups excluding carboxylic acids is 5. The molecule has 1 saturated carbocycles. The van der Waals surface area contributed by atoms with Gasteiger partial charge in [0.15, 0.2) is 0 Å². The van der Waals surface area contributed by atoms with E-state index >= 15 is 4.57 Å². The molecule has 19 heteroatoms. The van der Waals surface area contributed by atoms with E-state index in [1.54, 1.807) is 109 Å². The lowest BCUT2D eigenvalue weighted by Crippen LogP contribution is -2.53. The van der Waals surface area contributed by atoms with E-state index in [0.717, 1.165) is 11.1 Å². The summed E-state index contributed by atoms with van der Waals surface area (Å²) in [5, 5.41) is 9.51. The first kappa shape index (κ1) is 64.6. The summed E-state index contributed by atoms with van der Waals surface area (Å²) in [5.41, 5.74) is -2.46. The molecule has 0 heterocycles. The van der Waals surface area contributed by atoms with Gasteiger partial charge in [-0.25, -0.2) is 4.57 Å². The summed E-state index contributed by atoms with van der Waals surface area (Å²) < 4.78 is 62.1. The quantitative estimate of drug-likeness (QED) is 0.0372. The molecule has 1 aliphatic rings. The van der Waals surface area contributed by atoms with Crippen molar-refractivity contribution in [1.29, 1.82) is 5.26 Å². The summed E-state index contributed by atoms with van der Waals surface area (Å²) in [6, 6.07) is 21.4. The van der Waals surface area contributed by atoms with Crippen LogP contribution in [0.25, 0.3) is 0 Å². The Bertz CT molecular complexity index is 2130. The molecule has 0 N–H and O–H groups in total. The maximum absolute atomic E-state index is 15.1. The number of nitriles is 1. The van der Waals surface area contributed by atoms with Crippen molar-refractivity contribution in [3.05, 3.63) is 71.8 Å². The third-order valence-corrected chi connectivity index (χ3v) is 12.7. The van der Waals surface area contributed by atoms with Crippen LogP contribution >= 0.6 is 7.82 Å². The number of ether oxygens (including phenoxy) is 5. The van der Waals surface area contributed by atoms with E-state index in [1.165, 1.54) is 9.80 Å². The number of benzene rings is 2. The van der Waals surface area contributed by atoms with E-state index in [9.17, 15) is 29.2 Å². The van der Waals surface area contributed by atoms with Crippen LogP contribution in [0.1, 0.15) is 147 Å². The molecule has 0 spiro atoms. The molecule has 0 aromatic heterocycles. The van der Waals surface area contributed by atoms with Crippen LogP contribution in [0.5, 0.6) is 0 Å². The minimum atomic E-state index is -4.56. The first-order valence-electron chi connectivity index (χ1n) is 25.9. The normalized spacial score (nSPS) is 15.9. The average Bonchev–Trinajstić information content (AvgIpc) is 3.24. The van der Waals surface area contributed by atoms with E-state index in [0.29, 0.717) is 25.7 Å². The molecule has 2 aromatic rings. The lowest BCUT2D eigenvalue weighted by Gasteiger charge is -2.41. The zero-order chi connectivity index (χ0) is 56.5. The van der Waals surface area contributed by atoms with Gasteiger partial charge in [-0.2, -0.15) is 5.26 Å². The van der Waals surface area contributed by atoms with Crippen molar-refractivity contribution in [2.24, 2.45) is 0 Å². The van der Waals surface area contributed by atoms with Gasteiger partial charge in [0, 0.05) is 31.1 Å². The van der Waals surface area contributed by atoms with Crippen molar-refractivity contribution >= 4 is 37.7 Å². The van der Waals surface area contributed by atoms with Crippen LogP contribution in [0, 0.1) is 11.3 Å². The highest BCUT2D eigenvalue weighted by atomic mass is 31.2. The van der Waals surface area contributed by atoms with E-state index in [-0.39, 0.29) is 57.7 Å². The number of rotatable bonds is 26. The molecule has 3 rings (SSSR count). The Morgan fingerprint density at radius 3 is 1.31 bits per heavy atom. The predicted molar refractivity (Wildman–Crippen MR) is 284 cm³/mol. The topological polar surface area (TPSA) is 210 Å². The summed E-state index contributed by atoms with van der Waals surface area (Å²) in [7, 11) is -4.56. The summed E-state index contributed by atoms with van der Waals surface area (Å²) in [5.74, 6) is -3.25. The molecule has 0 amide bonds. The van der Waals surface area contributed by atoms with Gasteiger partial charge in [-0.1, -0.05) is 60.7 Å². The van der Waals surface area contributed by atoms with Crippen LogP contribution in [0.3, 0.4) is 0 Å². The smallest absolute Gasteiger partial charge is 0.459 e. The molecule has 0 aliphatic heterocycles. The maximum Gasteiger partial charge on any atom is 0.475 e. The lowest BCUT2D eigenvalue weighted by atomic mass is 9.65. The van der Waals surface area contributed by atoms with Crippen molar-refractivity contribution in [3.8, 4) is 6.07 Å². The molecule has 0 saturated heterocycles. The Morgan fingerprint density at radius 2 is 0.933 bits per heavy atom. The molecule has 2 atom stereocenters. The minimum absolute atomic E-state index is 0.000993. The van der Waals surface area contributed by atoms with E-state index in [4.69, 9.17) is 37.3 Å². The van der Waals surface area contributed by atoms with E-state index in [1.807, 2.05) is 42.5 Å². The Hall–Kier alpha value is -4.73. The zero-order valence-electron chi connectivity index (χ0n) is 47.5. The third kappa shape index (κ3) is 25.8. The number of phosphoric acid groups is 1. The number of esters is 5. The molecule has 420 valence electrons. The molecule has 18 nitrogen and oxygen atoms in total. The number of hydrogen-bond acceptors (Lipinski definition) is 18. The van der Waals surface area contributed by atoms with Crippen LogP contribution < -0.4 is 0 Å². The third-order valence-electron chi connectivity index (χ3n) is 11.1. The second-order valence-electron chi connectivity index (χ2n) is 24.0. The zero-order valence-corrected chi connectivity index (χ0v) is 48.4. The number of hydrogen-bond donors (Lipinski definition) is 0. The number of nitrogens with zero attached hydrogens (tertiary/aromatic N) is 4. The highest BCUT2D eigenvalue weighted by Crippen LogP contribution is 2.54. The SMILES string of the molecule is CC(C)(C)OC(=O)CN(CCN(CC(=O)OC(C)(C)C)CC(COP(=O)(OCCC#N)OC1CCC(c2ccccc2)(c2ccccc2)CC1)N(CC(=O)OC(C)(C)C)CC(=O)OC(C)(C)C)CC(=O)OC(C)(C)C. The first-order chi connectivity index (χ1) is 34.6. The average molecular weight is 1070 g/mol. The summed E-state index contributed by atoms with van der Waals surface area (Å²) in [4.78, 5) is 72.6. The summed E-state index contributed by atoms with van der Waals surface area (Å²) in [6.45, 7) is 22.8. The van der Waals surface area contributed by atoms with Crippen LogP contribution in [-0.4, -0.2) is 150 Å². The second-order valence-corrected chi connectivity index (χ2v) is 25.7. The highest BCUT2D eigenvalue weighted by Gasteiger charge is 2.42. The van der Waals surface area contributed by atoms with Gasteiger partial charge >= 0.3 is 37.7 Å². The Balaban J connectivity index is 2.14. The second kappa shape index (κ2) is 28.1. The van der Waals surface area contributed by atoms with Crippen molar-refractivity contribution < 1.29 is 65.8 Å². The molecule has 75 heavy (non-hydrogen) atoms.